The van der Waals surface area contributed by atoms with Crippen LogP contribution in [0.15, 0.2) is 12.1 Å². The van der Waals surface area contributed by atoms with E-state index in [1.165, 1.54) is 50.5 Å². The van der Waals surface area contributed by atoms with Crippen molar-refractivity contribution in [3.05, 3.63) is 34.6 Å². The number of halogens is 1. The number of nitrogens with one attached hydrogen (secondary N) is 1. The fourth-order valence-electron chi connectivity index (χ4n) is 4.04. The van der Waals surface area contributed by atoms with Crippen molar-refractivity contribution >= 4 is 0 Å². The first-order valence-corrected chi connectivity index (χ1v) is 8.47. The van der Waals surface area contributed by atoms with Crippen molar-refractivity contribution in [2.75, 3.05) is 13.6 Å². The number of rotatable bonds is 6. The van der Waals surface area contributed by atoms with Crippen LogP contribution in [0.25, 0.3) is 0 Å². The molecule has 0 aromatic heterocycles. The van der Waals surface area contributed by atoms with Gasteiger partial charge in [0.15, 0.2) is 0 Å². The predicted molar refractivity (Wildman–Crippen MR) is 88.3 cm³/mol. The normalized spacial score (nSPS) is 17.9. The Balaban J connectivity index is 2.08. The van der Waals surface area contributed by atoms with Crippen molar-refractivity contribution in [1.82, 2.24) is 5.32 Å². The van der Waals surface area contributed by atoms with Gasteiger partial charge in [0.25, 0.3) is 0 Å². The Morgan fingerprint density at radius 1 is 1.05 bits per heavy atom. The smallest absolute Gasteiger partial charge is 0.123 e. The third-order valence-corrected chi connectivity index (χ3v) is 5.39. The van der Waals surface area contributed by atoms with Gasteiger partial charge in [0, 0.05) is 0 Å². The minimum Gasteiger partial charge on any atom is -0.320 e. The summed E-state index contributed by atoms with van der Waals surface area (Å²) in [6.45, 7) is 5.21. The van der Waals surface area contributed by atoms with Crippen LogP contribution in [0.4, 0.5) is 4.39 Å². The van der Waals surface area contributed by atoms with Gasteiger partial charge in [0.05, 0.1) is 0 Å². The van der Waals surface area contributed by atoms with Gasteiger partial charge in [-0.3, -0.25) is 0 Å². The van der Waals surface area contributed by atoms with Crippen LogP contribution in [0.3, 0.4) is 0 Å². The third kappa shape index (κ3) is 4.29. The van der Waals surface area contributed by atoms with Crippen LogP contribution in [-0.4, -0.2) is 13.6 Å². The maximum absolute atomic E-state index is 13.4. The molecule has 0 amide bonds. The van der Waals surface area contributed by atoms with Crippen LogP contribution < -0.4 is 5.32 Å². The Labute approximate surface area is 129 Å². The highest BCUT2D eigenvalue weighted by molar-refractivity contribution is 5.34. The van der Waals surface area contributed by atoms with E-state index >= 15 is 0 Å². The molecule has 0 bridgehead atoms. The van der Waals surface area contributed by atoms with Crippen LogP contribution in [0.2, 0.25) is 0 Å². The van der Waals surface area contributed by atoms with Crippen LogP contribution in [-0.2, 0) is 6.42 Å². The minimum absolute atomic E-state index is 0.101. The second kappa shape index (κ2) is 7.40. The molecule has 0 spiro atoms. The zero-order valence-corrected chi connectivity index (χ0v) is 13.9. The summed E-state index contributed by atoms with van der Waals surface area (Å²) in [6, 6.07) is 3.37. The summed E-state index contributed by atoms with van der Waals surface area (Å²) >= 11 is 0. The first-order chi connectivity index (χ1) is 10.1. The topological polar surface area (TPSA) is 12.0 Å². The molecule has 0 atom stereocenters. The molecule has 0 saturated heterocycles. The van der Waals surface area contributed by atoms with Gasteiger partial charge in [-0.1, -0.05) is 19.3 Å². The van der Waals surface area contributed by atoms with Crippen molar-refractivity contribution in [3.8, 4) is 0 Å². The summed E-state index contributed by atoms with van der Waals surface area (Å²) in [7, 11) is 2.05. The van der Waals surface area contributed by atoms with Crippen molar-refractivity contribution in [2.24, 2.45) is 5.41 Å². The van der Waals surface area contributed by atoms with Crippen LogP contribution in [0.1, 0.15) is 61.6 Å². The Hall–Kier alpha value is -0.890. The van der Waals surface area contributed by atoms with Crippen molar-refractivity contribution in [1.29, 1.82) is 0 Å². The van der Waals surface area contributed by atoms with Crippen LogP contribution >= 0.6 is 0 Å². The molecule has 0 heterocycles. The first kappa shape index (κ1) is 16.5. The summed E-state index contributed by atoms with van der Waals surface area (Å²) in [6.07, 6.45) is 10.5. The average Bonchev–Trinajstić information content (AvgIpc) is 2.45. The summed E-state index contributed by atoms with van der Waals surface area (Å²) < 4.78 is 13.4. The number of benzene rings is 1. The second-order valence-electron chi connectivity index (χ2n) is 6.93. The highest BCUT2D eigenvalue weighted by Gasteiger charge is 2.31. The quantitative estimate of drug-likeness (QED) is 0.783. The number of hydrogen-bond acceptors (Lipinski definition) is 1. The molecule has 1 aromatic rings. The summed E-state index contributed by atoms with van der Waals surface area (Å²) in [5.41, 5.74) is 4.11. The lowest BCUT2D eigenvalue weighted by atomic mass is 9.68. The molecule has 2 heteroatoms. The van der Waals surface area contributed by atoms with Gasteiger partial charge >= 0.3 is 0 Å². The zero-order chi connectivity index (χ0) is 15.3. The van der Waals surface area contributed by atoms with Crippen molar-refractivity contribution in [2.45, 2.75) is 65.2 Å². The van der Waals surface area contributed by atoms with E-state index in [2.05, 4.69) is 5.32 Å². The van der Waals surface area contributed by atoms with Gasteiger partial charge in [-0.05, 0) is 93.8 Å². The zero-order valence-electron chi connectivity index (χ0n) is 13.9. The van der Waals surface area contributed by atoms with E-state index in [4.69, 9.17) is 0 Å². The van der Waals surface area contributed by atoms with E-state index in [1.807, 2.05) is 20.9 Å². The number of aryl methyl sites for hydroxylation is 2. The third-order valence-electron chi connectivity index (χ3n) is 5.39. The summed E-state index contributed by atoms with van der Waals surface area (Å²) in [4.78, 5) is 0. The Bertz CT molecular complexity index is 438. The predicted octanol–water partition coefficient (Wildman–Crippen LogP) is 4.94. The number of hydrogen-bond donors (Lipinski definition) is 1. The molecule has 0 aliphatic heterocycles. The highest BCUT2D eigenvalue weighted by atomic mass is 19.1. The molecule has 1 N–H and O–H groups in total. The Morgan fingerprint density at radius 2 is 1.67 bits per heavy atom. The molecule has 1 aromatic carbocycles. The lowest BCUT2D eigenvalue weighted by Gasteiger charge is -2.38. The average molecular weight is 291 g/mol. The molecular weight excluding hydrogens is 261 g/mol. The van der Waals surface area contributed by atoms with E-state index < -0.39 is 0 Å². The summed E-state index contributed by atoms with van der Waals surface area (Å²) in [5, 5.41) is 3.32. The first-order valence-electron chi connectivity index (χ1n) is 8.47. The molecule has 1 aliphatic rings. The van der Waals surface area contributed by atoms with E-state index in [0.29, 0.717) is 5.41 Å². The maximum Gasteiger partial charge on any atom is 0.123 e. The molecule has 0 unspecified atom stereocenters. The van der Waals surface area contributed by atoms with Gasteiger partial charge in [0.1, 0.15) is 5.82 Å². The molecule has 1 aliphatic carbocycles. The summed E-state index contributed by atoms with van der Waals surface area (Å²) in [5.74, 6) is -0.101. The lowest BCUT2D eigenvalue weighted by molar-refractivity contribution is 0.157. The Morgan fingerprint density at radius 3 is 2.24 bits per heavy atom. The second-order valence-corrected chi connectivity index (χ2v) is 6.93. The molecule has 1 nitrogen and oxygen atoms in total. The van der Waals surface area contributed by atoms with E-state index in [0.717, 1.165) is 24.1 Å². The lowest BCUT2D eigenvalue weighted by Crippen LogP contribution is -2.29. The van der Waals surface area contributed by atoms with Crippen LogP contribution in [0.5, 0.6) is 0 Å². The van der Waals surface area contributed by atoms with Gasteiger partial charge in [-0.25, -0.2) is 4.39 Å². The van der Waals surface area contributed by atoms with E-state index in [1.54, 1.807) is 12.1 Å². The maximum atomic E-state index is 13.4. The fraction of sp³-hybridized carbons (Fsp3) is 0.684. The van der Waals surface area contributed by atoms with E-state index in [9.17, 15) is 4.39 Å². The largest absolute Gasteiger partial charge is 0.320 e. The minimum atomic E-state index is -0.101. The molecule has 21 heavy (non-hydrogen) atoms. The molecular formula is C19H30FN. The van der Waals surface area contributed by atoms with Crippen molar-refractivity contribution in [3.63, 3.8) is 0 Å². The fourth-order valence-corrected chi connectivity index (χ4v) is 4.04. The highest BCUT2D eigenvalue weighted by Crippen LogP contribution is 2.43. The van der Waals surface area contributed by atoms with Gasteiger partial charge < -0.3 is 5.32 Å². The molecule has 1 saturated carbocycles. The SMILES string of the molecule is CNCCC1(CCc2c(C)cc(F)cc2C)CCCCC1. The van der Waals surface area contributed by atoms with Crippen molar-refractivity contribution < 1.29 is 4.39 Å². The van der Waals surface area contributed by atoms with E-state index in [-0.39, 0.29) is 5.82 Å². The van der Waals surface area contributed by atoms with Gasteiger partial charge in [-0.15, -0.1) is 0 Å². The van der Waals surface area contributed by atoms with Gasteiger partial charge in [-0.2, -0.15) is 0 Å². The van der Waals surface area contributed by atoms with Crippen LogP contribution in [0, 0.1) is 25.1 Å². The molecule has 0 radical (unpaired) electrons. The Kier molecular flexibility index (Phi) is 5.80. The monoisotopic (exact) mass is 291 g/mol. The standard InChI is InChI=1S/C19H30FN/c1-15-13-17(20)14-16(2)18(15)7-10-19(11-12-21-3)8-5-4-6-9-19/h13-14,21H,4-12H2,1-3H3. The van der Waals surface area contributed by atoms with Gasteiger partial charge in [0.2, 0.25) is 0 Å². The molecule has 2 rings (SSSR count). The molecule has 118 valence electrons. The molecule has 1 fully saturated rings.